The van der Waals surface area contributed by atoms with Crippen LogP contribution in [0.3, 0.4) is 0 Å². The van der Waals surface area contributed by atoms with Crippen LogP contribution in [0, 0.1) is 10.7 Å². The van der Waals surface area contributed by atoms with Gasteiger partial charge in [0.05, 0.1) is 5.39 Å². The second-order valence-electron chi connectivity index (χ2n) is 8.94. The third-order valence-electron chi connectivity index (χ3n) is 7.00. The van der Waals surface area contributed by atoms with E-state index in [0.717, 1.165) is 45.2 Å². The molecule has 0 spiro atoms. The Bertz CT molecular complexity index is 1210. The van der Waals surface area contributed by atoms with Crippen molar-refractivity contribution >= 4 is 10.9 Å². The van der Waals surface area contributed by atoms with Gasteiger partial charge in [0, 0.05) is 45.0 Å². The van der Waals surface area contributed by atoms with E-state index in [1.54, 1.807) is 23.0 Å². The first-order valence-corrected chi connectivity index (χ1v) is 11.3. The number of hydrogen-bond acceptors (Lipinski definition) is 6. The number of hydrogen-bond donors (Lipinski definition) is 2. The van der Waals surface area contributed by atoms with Gasteiger partial charge >= 0.3 is 0 Å². The van der Waals surface area contributed by atoms with Gasteiger partial charge in [-0.15, -0.1) is 0 Å². The summed E-state index contributed by atoms with van der Waals surface area (Å²) >= 11 is 0. The van der Waals surface area contributed by atoms with Crippen LogP contribution >= 0.6 is 0 Å². The van der Waals surface area contributed by atoms with E-state index in [1.165, 1.54) is 25.9 Å². The Labute approximate surface area is 180 Å². The molecule has 166 valence electrons. The van der Waals surface area contributed by atoms with E-state index in [-0.39, 0.29) is 16.4 Å². The monoisotopic (exact) mass is 425 g/mol. The molecule has 0 aromatic carbocycles. The van der Waals surface area contributed by atoms with Crippen LogP contribution in [-0.2, 0) is 6.54 Å². The summed E-state index contributed by atoms with van der Waals surface area (Å²) in [5.74, 6) is 0. The normalized spacial score (nSPS) is 20.2. The van der Waals surface area contributed by atoms with Gasteiger partial charge in [0.15, 0.2) is 0 Å². The van der Waals surface area contributed by atoms with E-state index in [4.69, 9.17) is 0 Å². The molecular formula is C22H31N7O2. The van der Waals surface area contributed by atoms with Crippen LogP contribution in [0.15, 0.2) is 27.9 Å². The van der Waals surface area contributed by atoms with Crippen molar-refractivity contribution in [1.82, 2.24) is 34.7 Å². The molecule has 2 fully saturated rings. The summed E-state index contributed by atoms with van der Waals surface area (Å²) in [4.78, 5) is 37.4. The fourth-order valence-electron chi connectivity index (χ4n) is 5.12. The van der Waals surface area contributed by atoms with Crippen molar-refractivity contribution < 1.29 is 0 Å². The minimum absolute atomic E-state index is 0.183. The first-order valence-electron chi connectivity index (χ1n) is 11.3. The van der Waals surface area contributed by atoms with Crippen molar-refractivity contribution in [2.45, 2.75) is 31.8 Å². The van der Waals surface area contributed by atoms with Gasteiger partial charge in [-0.05, 0) is 58.1 Å². The van der Waals surface area contributed by atoms with E-state index >= 15 is 0 Å². The lowest BCUT2D eigenvalue weighted by atomic mass is 10.0. The molecule has 4 aliphatic rings. The maximum absolute atomic E-state index is 12.9. The molecule has 4 heterocycles. The smallest absolute Gasteiger partial charge is 0.232 e. The molecule has 2 saturated heterocycles. The molecule has 0 amide bonds. The van der Waals surface area contributed by atoms with Gasteiger partial charge in [0.2, 0.25) is 10.9 Å². The lowest BCUT2D eigenvalue weighted by molar-refractivity contribution is 0.0637. The zero-order chi connectivity index (χ0) is 21.4. The van der Waals surface area contributed by atoms with Crippen molar-refractivity contribution in [3.05, 3.63) is 49.5 Å². The Morgan fingerprint density at radius 3 is 2.58 bits per heavy atom. The first kappa shape index (κ1) is 20.4. The van der Waals surface area contributed by atoms with Gasteiger partial charge in [-0.1, -0.05) is 0 Å². The average Bonchev–Trinajstić information content (AvgIpc) is 3.23. The zero-order valence-electron chi connectivity index (χ0n) is 18.1. The van der Waals surface area contributed by atoms with Crippen LogP contribution in [-0.4, -0.2) is 93.6 Å². The molecule has 31 heavy (non-hydrogen) atoms. The Kier molecular flexibility index (Phi) is 5.64. The second kappa shape index (κ2) is 8.57. The number of nitrogens with one attached hydrogen (secondary N) is 2. The van der Waals surface area contributed by atoms with E-state index in [2.05, 4.69) is 37.0 Å². The Morgan fingerprint density at radius 1 is 1.03 bits per heavy atom. The number of nitrogens with zero attached hydrogens (tertiary/aromatic N) is 5. The van der Waals surface area contributed by atoms with Crippen molar-refractivity contribution in [3.8, 4) is 0 Å². The fraction of sp³-hybridized carbons (Fsp3) is 0.591. The van der Waals surface area contributed by atoms with Crippen LogP contribution in [0.25, 0.3) is 10.9 Å². The van der Waals surface area contributed by atoms with Gasteiger partial charge in [0.1, 0.15) is 16.2 Å². The fourth-order valence-corrected chi connectivity index (χ4v) is 5.12. The zero-order valence-corrected chi connectivity index (χ0v) is 18.1. The van der Waals surface area contributed by atoms with Crippen LogP contribution < -0.4 is 10.9 Å². The lowest BCUT2D eigenvalue weighted by Gasteiger charge is -2.42. The van der Waals surface area contributed by atoms with Crippen molar-refractivity contribution in [2.75, 3.05) is 52.9 Å². The molecule has 1 aliphatic carbocycles. The molecule has 1 aromatic heterocycles. The summed E-state index contributed by atoms with van der Waals surface area (Å²) in [6.45, 7) is 8.54. The summed E-state index contributed by atoms with van der Waals surface area (Å²) in [6, 6.07) is 4.08. The predicted molar refractivity (Wildman–Crippen MR) is 119 cm³/mol. The highest BCUT2D eigenvalue weighted by Gasteiger charge is 2.26. The molecule has 0 unspecified atom stereocenters. The third-order valence-corrected chi connectivity index (χ3v) is 7.00. The van der Waals surface area contributed by atoms with E-state index in [9.17, 15) is 9.59 Å². The van der Waals surface area contributed by atoms with Crippen LogP contribution in [0.4, 0.5) is 0 Å². The number of piperazine rings is 1. The molecule has 2 N–H and O–H groups in total. The molecule has 0 saturated carbocycles. The van der Waals surface area contributed by atoms with Crippen molar-refractivity contribution in [3.63, 3.8) is 0 Å². The molecule has 3 aliphatic heterocycles. The minimum atomic E-state index is -0.200. The topological polar surface area (TPSA) is 93.3 Å². The Hall–Kier alpha value is -2.49. The summed E-state index contributed by atoms with van der Waals surface area (Å²) < 4.78 is 1.77. The van der Waals surface area contributed by atoms with Gasteiger partial charge in [-0.3, -0.25) is 29.3 Å². The molecule has 1 aromatic rings. The number of likely N-dealkylation sites (tertiary alicyclic amines) is 1. The highest BCUT2D eigenvalue weighted by molar-refractivity contribution is 5.77. The highest BCUT2D eigenvalue weighted by Crippen LogP contribution is 2.17. The van der Waals surface area contributed by atoms with Gasteiger partial charge < -0.3 is 9.80 Å². The number of fused-ring (bicyclic) bond motifs is 1. The molecular weight excluding hydrogens is 394 g/mol. The van der Waals surface area contributed by atoms with Crippen LogP contribution in [0.1, 0.15) is 19.3 Å². The predicted octanol–water partition coefficient (Wildman–Crippen LogP) is 0.240. The van der Waals surface area contributed by atoms with Gasteiger partial charge in [-0.25, -0.2) is 5.21 Å². The van der Waals surface area contributed by atoms with Crippen LogP contribution in [0.5, 0.6) is 0 Å². The average molecular weight is 426 g/mol. The minimum Gasteiger partial charge on any atom is -0.306 e. The number of H-pyrrole nitrogens is 2. The van der Waals surface area contributed by atoms with Crippen molar-refractivity contribution in [2.24, 2.45) is 0 Å². The number of piperidine rings is 1. The van der Waals surface area contributed by atoms with E-state index in [0.29, 0.717) is 22.6 Å². The maximum atomic E-state index is 12.9. The quantitative estimate of drug-likeness (QED) is 0.608. The number of aromatic nitrogens is 4. The van der Waals surface area contributed by atoms with Crippen molar-refractivity contribution in [1.29, 1.82) is 0 Å². The number of rotatable bonds is 5. The summed E-state index contributed by atoms with van der Waals surface area (Å²) in [5.41, 5.74) is -0.140. The highest BCUT2D eigenvalue weighted by atomic mass is 16.1. The third kappa shape index (κ3) is 3.93. The molecule has 9 heteroatoms. The lowest BCUT2D eigenvalue weighted by Crippen LogP contribution is -2.53. The van der Waals surface area contributed by atoms with Gasteiger partial charge in [0.25, 0.3) is 0 Å². The SMILES string of the molecule is CN1CCC(N2CCN(CCCn3[nH][nH]c4c(=O)c5cccnc5c(=O)c3=4)CC2)CC1. The number of aromatic amines is 2. The van der Waals surface area contributed by atoms with Gasteiger partial charge in [-0.2, -0.15) is 0 Å². The largest absolute Gasteiger partial charge is 0.306 e. The number of pyridine rings is 1. The summed E-state index contributed by atoms with van der Waals surface area (Å²) in [6.07, 6.45) is 5.04. The maximum Gasteiger partial charge on any atom is 0.232 e. The van der Waals surface area contributed by atoms with E-state index in [1.807, 2.05) is 0 Å². The summed E-state index contributed by atoms with van der Waals surface area (Å²) in [7, 11) is 2.21. The molecule has 0 bridgehead atoms. The first-order chi connectivity index (χ1) is 15.1. The standard InChI is InChI=1S/C22H31N7O2/c1-26-10-5-16(6-11-26)28-14-12-27(13-15-28)8-3-9-29-20-19(24-25-29)21(30)17-4-2-7-23-18(17)22(20)31/h2,4,7,16,24-25H,3,5-6,8-15H2,1H3. The molecule has 5 rings (SSSR count). The molecule has 9 nitrogen and oxygen atoms in total. The summed E-state index contributed by atoms with van der Waals surface area (Å²) in [5, 5.41) is 6.98. The number of aryl methyl sites for hydroxylation is 1. The molecule has 0 atom stereocenters. The van der Waals surface area contributed by atoms with E-state index < -0.39 is 0 Å². The Balaban J connectivity index is 1.21. The van der Waals surface area contributed by atoms with Crippen LogP contribution in [0.2, 0.25) is 0 Å². The second-order valence-corrected chi connectivity index (χ2v) is 8.94. The Morgan fingerprint density at radius 2 is 1.81 bits per heavy atom. The molecule has 0 radical (unpaired) electrons.